The lowest BCUT2D eigenvalue weighted by Crippen LogP contribution is -2.13. The lowest BCUT2D eigenvalue weighted by atomic mass is 10.1. The second kappa shape index (κ2) is 8.79. The summed E-state index contributed by atoms with van der Waals surface area (Å²) in [6.45, 7) is 0. The van der Waals surface area contributed by atoms with Crippen molar-refractivity contribution in [2.75, 3.05) is 26.6 Å². The summed E-state index contributed by atoms with van der Waals surface area (Å²) >= 11 is 5.90. The fraction of sp³-hybridized carbons (Fsp3) is 0.158. The molecule has 0 heterocycles. The molecule has 0 spiro atoms. The first-order chi connectivity index (χ1) is 12.5. The number of carbonyl (C=O) groups is 1. The van der Waals surface area contributed by atoms with Crippen LogP contribution in [-0.4, -0.2) is 27.2 Å². The summed E-state index contributed by atoms with van der Waals surface area (Å²) in [5, 5.41) is 12.5. The topological polar surface area (TPSA) is 80.6 Å². The van der Waals surface area contributed by atoms with Gasteiger partial charge in [0.2, 0.25) is 0 Å². The van der Waals surface area contributed by atoms with E-state index in [0.29, 0.717) is 33.5 Å². The Bertz CT molecular complexity index is 862. The molecule has 0 saturated carbocycles. The van der Waals surface area contributed by atoms with E-state index in [1.807, 2.05) is 6.07 Å². The number of methoxy groups -OCH3 is 3. The molecule has 1 N–H and O–H groups in total. The molecule has 6 nitrogen and oxygen atoms in total. The molecule has 0 aliphatic heterocycles. The second-order valence-corrected chi connectivity index (χ2v) is 5.52. The molecule has 0 saturated heterocycles. The van der Waals surface area contributed by atoms with Crippen molar-refractivity contribution in [3.05, 3.63) is 52.6 Å². The van der Waals surface area contributed by atoms with E-state index >= 15 is 0 Å². The number of nitrogens with zero attached hydrogens (tertiary/aromatic N) is 1. The van der Waals surface area contributed by atoms with Crippen LogP contribution < -0.4 is 19.5 Å². The van der Waals surface area contributed by atoms with Crippen LogP contribution in [0.25, 0.3) is 6.08 Å². The molecule has 2 rings (SSSR count). The Morgan fingerprint density at radius 3 is 2.27 bits per heavy atom. The van der Waals surface area contributed by atoms with Gasteiger partial charge in [0.15, 0.2) is 0 Å². The summed E-state index contributed by atoms with van der Waals surface area (Å²) in [6.07, 6.45) is 1.40. The molecule has 2 aromatic carbocycles. The number of benzene rings is 2. The molecule has 2 aromatic rings. The van der Waals surface area contributed by atoms with Gasteiger partial charge in [0.05, 0.1) is 26.9 Å². The summed E-state index contributed by atoms with van der Waals surface area (Å²) in [4.78, 5) is 12.4. The minimum atomic E-state index is -0.574. The minimum Gasteiger partial charge on any atom is -0.496 e. The van der Waals surface area contributed by atoms with E-state index in [1.165, 1.54) is 27.4 Å². The molecule has 0 unspecified atom stereocenters. The zero-order chi connectivity index (χ0) is 19.1. The molecule has 0 aliphatic carbocycles. The highest BCUT2D eigenvalue weighted by Gasteiger charge is 2.16. The first kappa shape index (κ1) is 19.2. The average Bonchev–Trinajstić information content (AvgIpc) is 2.65. The Balaban J connectivity index is 2.42. The fourth-order valence-electron chi connectivity index (χ4n) is 2.23. The normalized spacial score (nSPS) is 10.7. The van der Waals surface area contributed by atoms with Crippen LogP contribution in [0.3, 0.4) is 0 Å². The molecular weight excluding hydrogens is 356 g/mol. The van der Waals surface area contributed by atoms with Gasteiger partial charge in [-0.2, -0.15) is 5.26 Å². The van der Waals surface area contributed by atoms with Gasteiger partial charge in [0.1, 0.15) is 28.9 Å². The molecule has 0 bridgehead atoms. The first-order valence-electron chi connectivity index (χ1n) is 7.51. The summed E-state index contributed by atoms with van der Waals surface area (Å²) in [5.41, 5.74) is 0.817. The molecule has 0 aromatic heterocycles. The summed E-state index contributed by atoms with van der Waals surface area (Å²) in [5.74, 6) is 0.765. The van der Waals surface area contributed by atoms with Gasteiger partial charge in [-0.1, -0.05) is 17.7 Å². The Hall–Kier alpha value is -3.17. The van der Waals surface area contributed by atoms with Gasteiger partial charge in [-0.3, -0.25) is 4.79 Å². The molecule has 0 aliphatic rings. The number of hydrogen-bond donors (Lipinski definition) is 1. The molecule has 26 heavy (non-hydrogen) atoms. The van der Waals surface area contributed by atoms with Crippen molar-refractivity contribution in [3.8, 4) is 23.3 Å². The quantitative estimate of drug-likeness (QED) is 0.614. The predicted molar refractivity (Wildman–Crippen MR) is 99.8 cm³/mol. The highest BCUT2D eigenvalue weighted by Crippen LogP contribution is 2.35. The molecule has 0 atom stereocenters. The van der Waals surface area contributed by atoms with Crippen LogP contribution in [0.1, 0.15) is 5.56 Å². The number of nitrogens with one attached hydrogen (secondary N) is 1. The highest BCUT2D eigenvalue weighted by molar-refractivity contribution is 6.31. The molecule has 7 heteroatoms. The van der Waals surface area contributed by atoms with Crippen molar-refractivity contribution >= 4 is 29.3 Å². The van der Waals surface area contributed by atoms with Gasteiger partial charge in [0, 0.05) is 22.8 Å². The Labute approximate surface area is 156 Å². The first-order valence-corrected chi connectivity index (χ1v) is 7.89. The number of rotatable bonds is 6. The van der Waals surface area contributed by atoms with Gasteiger partial charge in [0.25, 0.3) is 5.91 Å². The third-order valence-corrected chi connectivity index (χ3v) is 3.72. The number of anilines is 1. The summed E-state index contributed by atoms with van der Waals surface area (Å²) in [7, 11) is 4.47. The van der Waals surface area contributed by atoms with E-state index < -0.39 is 5.91 Å². The van der Waals surface area contributed by atoms with Gasteiger partial charge in [-0.15, -0.1) is 0 Å². The molecule has 0 radical (unpaired) electrons. The number of ether oxygens (including phenoxy) is 3. The summed E-state index contributed by atoms with van der Waals surface area (Å²) in [6, 6.07) is 11.8. The van der Waals surface area contributed by atoms with E-state index in [-0.39, 0.29) is 5.57 Å². The lowest BCUT2D eigenvalue weighted by Gasteiger charge is -2.13. The molecule has 1 amide bonds. The van der Waals surface area contributed by atoms with Crippen molar-refractivity contribution in [3.63, 3.8) is 0 Å². The number of amides is 1. The zero-order valence-electron chi connectivity index (χ0n) is 14.5. The van der Waals surface area contributed by atoms with Crippen LogP contribution in [0.4, 0.5) is 5.69 Å². The van der Waals surface area contributed by atoms with Crippen LogP contribution in [0.15, 0.2) is 42.0 Å². The summed E-state index contributed by atoms with van der Waals surface area (Å²) < 4.78 is 15.8. The van der Waals surface area contributed by atoms with Crippen molar-refractivity contribution in [2.24, 2.45) is 0 Å². The second-order valence-electron chi connectivity index (χ2n) is 5.08. The highest BCUT2D eigenvalue weighted by atomic mass is 35.5. The standard InChI is InChI=1S/C19H17ClN2O4/c1-24-15-9-17(25-2)16(18(10-15)26-3)7-12(11-21)19(23)22-14-6-4-5-13(20)8-14/h4-10H,1-3H3,(H,22,23)/b12-7+. The van der Waals surface area contributed by atoms with Crippen LogP contribution in [0, 0.1) is 11.3 Å². The Kier molecular flexibility index (Phi) is 6.48. The Morgan fingerprint density at radius 2 is 1.77 bits per heavy atom. The smallest absolute Gasteiger partial charge is 0.266 e. The van der Waals surface area contributed by atoms with Crippen molar-refractivity contribution in [1.29, 1.82) is 5.26 Å². The number of hydrogen-bond acceptors (Lipinski definition) is 5. The van der Waals surface area contributed by atoms with E-state index in [2.05, 4.69) is 5.32 Å². The largest absolute Gasteiger partial charge is 0.496 e. The third kappa shape index (κ3) is 4.47. The maximum Gasteiger partial charge on any atom is 0.266 e. The van der Waals surface area contributed by atoms with Crippen LogP contribution in [0.2, 0.25) is 5.02 Å². The predicted octanol–water partition coefficient (Wildman–Crippen LogP) is 3.91. The van der Waals surface area contributed by atoms with E-state index in [4.69, 9.17) is 25.8 Å². The van der Waals surface area contributed by atoms with Crippen LogP contribution >= 0.6 is 11.6 Å². The monoisotopic (exact) mass is 372 g/mol. The average molecular weight is 373 g/mol. The van der Waals surface area contributed by atoms with E-state index in [9.17, 15) is 10.1 Å². The fourth-order valence-corrected chi connectivity index (χ4v) is 2.42. The molecule has 0 fully saturated rings. The van der Waals surface area contributed by atoms with Crippen molar-refractivity contribution < 1.29 is 19.0 Å². The maximum atomic E-state index is 12.4. The van der Waals surface area contributed by atoms with Crippen LogP contribution in [-0.2, 0) is 4.79 Å². The van der Waals surface area contributed by atoms with Crippen molar-refractivity contribution in [2.45, 2.75) is 0 Å². The molecule has 134 valence electrons. The van der Waals surface area contributed by atoms with Gasteiger partial charge >= 0.3 is 0 Å². The third-order valence-electron chi connectivity index (χ3n) is 3.49. The SMILES string of the molecule is COc1cc(OC)c(/C=C(\C#N)C(=O)Nc2cccc(Cl)c2)c(OC)c1. The van der Waals surface area contributed by atoms with E-state index in [0.717, 1.165) is 0 Å². The zero-order valence-corrected chi connectivity index (χ0v) is 15.3. The van der Waals surface area contributed by atoms with Gasteiger partial charge in [-0.05, 0) is 24.3 Å². The molecular formula is C19H17ClN2O4. The maximum absolute atomic E-state index is 12.4. The number of carbonyl (C=O) groups excluding carboxylic acids is 1. The lowest BCUT2D eigenvalue weighted by molar-refractivity contribution is -0.112. The van der Waals surface area contributed by atoms with E-state index in [1.54, 1.807) is 36.4 Å². The van der Waals surface area contributed by atoms with Crippen molar-refractivity contribution in [1.82, 2.24) is 0 Å². The van der Waals surface area contributed by atoms with Crippen LogP contribution in [0.5, 0.6) is 17.2 Å². The van der Waals surface area contributed by atoms with Gasteiger partial charge in [-0.25, -0.2) is 0 Å². The minimum absolute atomic E-state index is 0.119. The Morgan fingerprint density at radius 1 is 1.12 bits per heavy atom. The van der Waals surface area contributed by atoms with Gasteiger partial charge < -0.3 is 19.5 Å². The number of nitriles is 1. The number of halogens is 1.